The van der Waals surface area contributed by atoms with Crippen LogP contribution in [0.15, 0.2) is 12.2 Å². The van der Waals surface area contributed by atoms with Gasteiger partial charge in [-0.1, -0.05) is 23.8 Å². The molecule has 15 heavy (non-hydrogen) atoms. The molecule has 1 N–H and O–H groups in total. The van der Waals surface area contributed by atoms with Crippen molar-refractivity contribution in [3.05, 3.63) is 28.7 Å². The monoisotopic (exact) mass is 225 g/mol. The van der Waals surface area contributed by atoms with E-state index in [1.807, 2.05) is 26.8 Å². The summed E-state index contributed by atoms with van der Waals surface area (Å²) in [5.74, 6) is 0.671. The molecule has 0 aliphatic carbocycles. The summed E-state index contributed by atoms with van der Waals surface area (Å²) in [6.07, 6.45) is 5.08. The van der Waals surface area contributed by atoms with E-state index in [9.17, 15) is 0 Å². The van der Waals surface area contributed by atoms with Gasteiger partial charge in [-0.25, -0.2) is 9.97 Å². The zero-order valence-electron chi connectivity index (χ0n) is 9.34. The van der Waals surface area contributed by atoms with Gasteiger partial charge in [0, 0.05) is 6.54 Å². The van der Waals surface area contributed by atoms with E-state index in [-0.39, 0.29) is 0 Å². The highest BCUT2D eigenvalue weighted by atomic mass is 35.5. The van der Waals surface area contributed by atoms with Crippen molar-refractivity contribution in [2.75, 3.05) is 11.9 Å². The van der Waals surface area contributed by atoms with E-state index in [2.05, 4.69) is 21.4 Å². The third-order valence-corrected chi connectivity index (χ3v) is 2.37. The van der Waals surface area contributed by atoms with Crippen LogP contribution < -0.4 is 5.32 Å². The van der Waals surface area contributed by atoms with Gasteiger partial charge in [0.1, 0.15) is 0 Å². The van der Waals surface area contributed by atoms with Crippen molar-refractivity contribution in [3.63, 3.8) is 0 Å². The van der Waals surface area contributed by atoms with Crippen molar-refractivity contribution < 1.29 is 0 Å². The van der Waals surface area contributed by atoms with Crippen molar-refractivity contribution in [1.82, 2.24) is 9.97 Å². The van der Waals surface area contributed by atoms with Gasteiger partial charge < -0.3 is 5.32 Å². The number of hydrogen-bond acceptors (Lipinski definition) is 3. The molecule has 0 aromatic carbocycles. The number of aromatic nitrogens is 2. The van der Waals surface area contributed by atoms with Crippen LogP contribution in [0, 0.1) is 13.8 Å². The average molecular weight is 226 g/mol. The quantitative estimate of drug-likeness (QED) is 0.632. The molecule has 1 rings (SSSR count). The van der Waals surface area contributed by atoms with Gasteiger partial charge in [0.2, 0.25) is 0 Å². The topological polar surface area (TPSA) is 37.8 Å². The Kier molecular flexibility index (Phi) is 4.56. The highest BCUT2D eigenvalue weighted by Crippen LogP contribution is 2.18. The first-order chi connectivity index (χ1) is 7.15. The van der Waals surface area contributed by atoms with Gasteiger partial charge in [0.05, 0.1) is 11.4 Å². The minimum absolute atomic E-state index is 0.443. The van der Waals surface area contributed by atoms with E-state index in [0.717, 1.165) is 24.4 Å². The summed E-state index contributed by atoms with van der Waals surface area (Å²) in [7, 11) is 0. The first kappa shape index (κ1) is 12.0. The van der Waals surface area contributed by atoms with E-state index in [0.29, 0.717) is 11.0 Å². The molecule has 0 saturated heterocycles. The first-order valence-corrected chi connectivity index (χ1v) is 5.38. The predicted molar refractivity (Wildman–Crippen MR) is 64.4 cm³/mol. The zero-order chi connectivity index (χ0) is 11.3. The minimum Gasteiger partial charge on any atom is -0.367 e. The molecule has 0 atom stereocenters. The molecule has 1 heterocycles. The number of anilines is 1. The van der Waals surface area contributed by atoms with Crippen LogP contribution in [-0.4, -0.2) is 16.5 Å². The van der Waals surface area contributed by atoms with Gasteiger partial charge in [0.15, 0.2) is 11.0 Å². The van der Waals surface area contributed by atoms with Crippen LogP contribution in [-0.2, 0) is 0 Å². The summed E-state index contributed by atoms with van der Waals surface area (Å²) in [4.78, 5) is 8.53. The highest BCUT2D eigenvalue weighted by Gasteiger charge is 2.05. The summed E-state index contributed by atoms with van der Waals surface area (Å²) in [5.41, 5.74) is 1.78. The fourth-order valence-electron chi connectivity index (χ4n) is 1.13. The molecule has 1 aromatic rings. The van der Waals surface area contributed by atoms with Crippen molar-refractivity contribution in [3.8, 4) is 0 Å². The first-order valence-electron chi connectivity index (χ1n) is 5.01. The predicted octanol–water partition coefficient (Wildman–Crippen LogP) is 3.12. The standard InChI is InChI=1S/C11H16ClN3/c1-4-5-6-7-13-11-10(12)14-8(2)9(3)15-11/h4-5H,6-7H2,1-3H3,(H,13,15)/b5-4+. The van der Waals surface area contributed by atoms with Gasteiger partial charge >= 0.3 is 0 Å². The summed E-state index contributed by atoms with van der Waals surface area (Å²) in [6.45, 7) is 6.65. The SMILES string of the molecule is C/C=C/CCNc1nc(C)c(C)nc1Cl. The number of aryl methyl sites for hydroxylation is 2. The van der Waals surface area contributed by atoms with E-state index in [4.69, 9.17) is 11.6 Å². The van der Waals surface area contributed by atoms with E-state index in [1.54, 1.807) is 0 Å². The molecule has 0 aliphatic heterocycles. The molecular weight excluding hydrogens is 210 g/mol. The van der Waals surface area contributed by atoms with Gasteiger partial charge in [-0.15, -0.1) is 0 Å². The van der Waals surface area contributed by atoms with Gasteiger partial charge in [-0.2, -0.15) is 0 Å². The fraction of sp³-hybridized carbons (Fsp3) is 0.455. The second-order valence-electron chi connectivity index (χ2n) is 3.32. The van der Waals surface area contributed by atoms with E-state index < -0.39 is 0 Å². The maximum atomic E-state index is 5.96. The fourth-order valence-corrected chi connectivity index (χ4v) is 1.36. The smallest absolute Gasteiger partial charge is 0.171 e. The maximum absolute atomic E-state index is 5.96. The highest BCUT2D eigenvalue weighted by molar-refractivity contribution is 6.31. The van der Waals surface area contributed by atoms with Crippen LogP contribution in [0.25, 0.3) is 0 Å². The van der Waals surface area contributed by atoms with Crippen LogP contribution in [0.3, 0.4) is 0 Å². The van der Waals surface area contributed by atoms with Crippen LogP contribution in [0.1, 0.15) is 24.7 Å². The van der Waals surface area contributed by atoms with Crippen molar-refractivity contribution in [1.29, 1.82) is 0 Å². The molecule has 0 saturated carbocycles. The Hall–Kier alpha value is -1.09. The summed E-state index contributed by atoms with van der Waals surface area (Å²) >= 11 is 5.96. The molecule has 0 aliphatic rings. The lowest BCUT2D eigenvalue weighted by Crippen LogP contribution is -2.06. The minimum atomic E-state index is 0.443. The molecule has 4 heteroatoms. The number of hydrogen-bond donors (Lipinski definition) is 1. The lowest BCUT2D eigenvalue weighted by molar-refractivity contribution is 0.998. The number of rotatable bonds is 4. The largest absolute Gasteiger partial charge is 0.367 e. The second kappa shape index (κ2) is 5.71. The normalized spacial score (nSPS) is 10.9. The maximum Gasteiger partial charge on any atom is 0.171 e. The molecule has 3 nitrogen and oxygen atoms in total. The van der Waals surface area contributed by atoms with Crippen LogP contribution in [0.4, 0.5) is 5.82 Å². The molecule has 0 fully saturated rings. The Balaban J connectivity index is 2.65. The Labute approximate surface area is 95.6 Å². The van der Waals surface area contributed by atoms with Crippen molar-refractivity contribution in [2.45, 2.75) is 27.2 Å². The number of nitrogens with zero attached hydrogens (tertiary/aromatic N) is 2. The molecule has 0 amide bonds. The third kappa shape index (κ3) is 3.51. The number of nitrogens with one attached hydrogen (secondary N) is 1. The van der Waals surface area contributed by atoms with Crippen LogP contribution in [0.5, 0.6) is 0 Å². The molecule has 0 spiro atoms. The lowest BCUT2D eigenvalue weighted by atomic mass is 10.3. The summed E-state index contributed by atoms with van der Waals surface area (Å²) in [6, 6.07) is 0. The van der Waals surface area contributed by atoms with Gasteiger partial charge in [-0.3, -0.25) is 0 Å². The molecule has 0 radical (unpaired) electrons. The third-order valence-electron chi connectivity index (χ3n) is 2.10. The van der Waals surface area contributed by atoms with Crippen molar-refractivity contribution >= 4 is 17.4 Å². The molecule has 0 bridgehead atoms. The van der Waals surface area contributed by atoms with E-state index in [1.165, 1.54) is 0 Å². The Bertz CT molecular complexity index is 361. The zero-order valence-corrected chi connectivity index (χ0v) is 10.1. The second-order valence-corrected chi connectivity index (χ2v) is 3.68. The molecule has 82 valence electrons. The summed E-state index contributed by atoms with van der Waals surface area (Å²) < 4.78 is 0. The van der Waals surface area contributed by atoms with Gasteiger partial charge in [0.25, 0.3) is 0 Å². The van der Waals surface area contributed by atoms with Crippen molar-refractivity contribution in [2.24, 2.45) is 0 Å². The van der Waals surface area contributed by atoms with E-state index >= 15 is 0 Å². The Morgan fingerprint density at radius 2 is 1.93 bits per heavy atom. The number of halogens is 1. The molecular formula is C11H16ClN3. The number of allylic oxidation sites excluding steroid dienone is 1. The van der Waals surface area contributed by atoms with Crippen LogP contribution in [0.2, 0.25) is 5.15 Å². The Morgan fingerprint density at radius 3 is 2.60 bits per heavy atom. The average Bonchev–Trinajstić information content (AvgIpc) is 2.20. The lowest BCUT2D eigenvalue weighted by Gasteiger charge is -2.07. The molecule has 0 unspecified atom stereocenters. The van der Waals surface area contributed by atoms with Gasteiger partial charge in [-0.05, 0) is 27.2 Å². The Morgan fingerprint density at radius 1 is 1.27 bits per heavy atom. The van der Waals surface area contributed by atoms with Crippen LogP contribution >= 0.6 is 11.6 Å². The summed E-state index contributed by atoms with van der Waals surface area (Å²) in [5, 5.41) is 3.60. The molecule has 1 aromatic heterocycles.